The van der Waals surface area contributed by atoms with Crippen molar-refractivity contribution in [3.8, 4) is 11.1 Å². The van der Waals surface area contributed by atoms with Crippen LogP contribution in [0.25, 0.3) is 11.1 Å². The van der Waals surface area contributed by atoms with Gasteiger partial charge in [-0.3, -0.25) is 9.69 Å². The lowest BCUT2D eigenvalue weighted by atomic mass is 10.0. The number of sulfone groups is 1. The van der Waals surface area contributed by atoms with Crippen LogP contribution in [0.2, 0.25) is 0 Å². The Hall–Kier alpha value is -3.59. The zero-order valence-electron chi connectivity index (χ0n) is 19.4. The number of amides is 2. The first kappa shape index (κ1) is 23.6. The highest BCUT2D eigenvalue weighted by Crippen LogP contribution is 2.40. The summed E-state index contributed by atoms with van der Waals surface area (Å²) in [6.45, 7) is 5.66. The number of rotatable bonds is 4. The molecule has 178 valence electrons. The Balaban J connectivity index is 1.80. The second-order valence-corrected chi connectivity index (χ2v) is 10.6. The van der Waals surface area contributed by atoms with Gasteiger partial charge in [0.2, 0.25) is 0 Å². The van der Waals surface area contributed by atoms with Crippen molar-refractivity contribution >= 4 is 33.2 Å². The van der Waals surface area contributed by atoms with Gasteiger partial charge in [0.15, 0.2) is 15.6 Å². The average Bonchev–Trinajstić information content (AvgIpc) is 3.31. The molecule has 4 rings (SSSR count). The van der Waals surface area contributed by atoms with E-state index in [0.29, 0.717) is 11.4 Å². The average molecular weight is 483 g/mol. The van der Waals surface area contributed by atoms with Crippen molar-refractivity contribution in [3.63, 3.8) is 0 Å². The van der Waals surface area contributed by atoms with Crippen molar-refractivity contribution in [3.05, 3.63) is 66.6 Å². The van der Waals surface area contributed by atoms with E-state index in [0.717, 1.165) is 17.4 Å². The number of carbonyl (C=O) groups excluding carboxylic acids is 2. The van der Waals surface area contributed by atoms with Gasteiger partial charge in [0.1, 0.15) is 0 Å². The standard InChI is InChI=1S/C25H26N2O6S/c1-16(2)33-25(29)27-17(3)15-26(24(28)23-6-5-13-32-23)22-14-19(9-12-21(22)27)18-7-10-20(11-8-18)34(4,30)31/h5-14,16-17H,15H2,1-4H3/t17-/m0/s1. The predicted molar refractivity (Wildman–Crippen MR) is 129 cm³/mol. The zero-order chi connectivity index (χ0) is 24.6. The second kappa shape index (κ2) is 8.98. The van der Waals surface area contributed by atoms with Gasteiger partial charge in [-0.25, -0.2) is 13.2 Å². The third-order valence-electron chi connectivity index (χ3n) is 5.54. The Morgan fingerprint density at radius 2 is 1.71 bits per heavy atom. The third-order valence-corrected chi connectivity index (χ3v) is 6.67. The maximum Gasteiger partial charge on any atom is 0.414 e. The number of hydrogen-bond donors (Lipinski definition) is 0. The number of benzene rings is 2. The molecule has 9 heteroatoms. The van der Waals surface area contributed by atoms with Crippen molar-refractivity contribution in [2.75, 3.05) is 22.6 Å². The van der Waals surface area contributed by atoms with E-state index in [1.54, 1.807) is 66.1 Å². The summed E-state index contributed by atoms with van der Waals surface area (Å²) in [5.41, 5.74) is 2.61. The molecule has 1 aliphatic rings. The Kier molecular flexibility index (Phi) is 6.22. The van der Waals surface area contributed by atoms with Gasteiger partial charge >= 0.3 is 6.09 Å². The molecule has 8 nitrogen and oxygen atoms in total. The van der Waals surface area contributed by atoms with E-state index in [2.05, 4.69) is 0 Å². The highest BCUT2D eigenvalue weighted by Gasteiger charge is 2.37. The number of nitrogens with zero attached hydrogens (tertiary/aromatic N) is 2. The molecule has 0 radical (unpaired) electrons. The van der Waals surface area contributed by atoms with Gasteiger partial charge in [0.25, 0.3) is 5.91 Å². The summed E-state index contributed by atoms with van der Waals surface area (Å²) in [5.74, 6) is -0.126. The van der Waals surface area contributed by atoms with Crippen molar-refractivity contribution < 1.29 is 27.2 Å². The van der Waals surface area contributed by atoms with Gasteiger partial charge < -0.3 is 14.1 Å². The van der Waals surface area contributed by atoms with E-state index in [9.17, 15) is 18.0 Å². The minimum Gasteiger partial charge on any atom is -0.459 e. The Morgan fingerprint density at radius 3 is 2.29 bits per heavy atom. The van der Waals surface area contributed by atoms with Crippen molar-refractivity contribution in [1.29, 1.82) is 0 Å². The molecule has 1 aromatic heterocycles. The molecule has 2 aromatic carbocycles. The Bertz CT molecular complexity index is 1310. The summed E-state index contributed by atoms with van der Waals surface area (Å²) in [6.07, 6.45) is 1.82. The first-order valence-corrected chi connectivity index (χ1v) is 12.7. The van der Waals surface area contributed by atoms with E-state index < -0.39 is 15.9 Å². The minimum atomic E-state index is -3.32. The van der Waals surface area contributed by atoms with Crippen LogP contribution in [0.3, 0.4) is 0 Å². The van der Waals surface area contributed by atoms with Crippen LogP contribution in [0.15, 0.2) is 70.2 Å². The number of ether oxygens (including phenoxy) is 1. The summed E-state index contributed by atoms with van der Waals surface area (Å²) < 4.78 is 34.4. The van der Waals surface area contributed by atoms with Crippen LogP contribution in [0.4, 0.5) is 16.2 Å². The van der Waals surface area contributed by atoms with Crippen LogP contribution in [0.5, 0.6) is 0 Å². The summed E-state index contributed by atoms with van der Waals surface area (Å²) in [5, 5.41) is 0. The molecule has 1 aliphatic heterocycles. The molecule has 0 unspecified atom stereocenters. The highest BCUT2D eigenvalue weighted by molar-refractivity contribution is 7.90. The lowest BCUT2D eigenvalue weighted by molar-refractivity contribution is 0.0952. The topological polar surface area (TPSA) is 97.1 Å². The molecule has 0 spiro atoms. The maximum atomic E-state index is 13.3. The molecule has 2 heterocycles. The zero-order valence-corrected chi connectivity index (χ0v) is 20.2. The van der Waals surface area contributed by atoms with Gasteiger partial charge in [-0.2, -0.15) is 0 Å². The minimum absolute atomic E-state index is 0.194. The number of furan rings is 1. The first-order chi connectivity index (χ1) is 16.1. The van der Waals surface area contributed by atoms with Crippen LogP contribution >= 0.6 is 0 Å². The summed E-state index contributed by atoms with van der Waals surface area (Å²) in [6, 6.07) is 14.8. The first-order valence-electron chi connectivity index (χ1n) is 10.9. The smallest absolute Gasteiger partial charge is 0.414 e. The van der Waals surface area contributed by atoms with Gasteiger partial charge in [-0.1, -0.05) is 18.2 Å². The van der Waals surface area contributed by atoms with Gasteiger partial charge in [0.05, 0.1) is 34.7 Å². The molecule has 0 bridgehead atoms. The molecule has 0 saturated heterocycles. The third kappa shape index (κ3) is 4.56. The summed E-state index contributed by atoms with van der Waals surface area (Å²) in [7, 11) is -3.32. The van der Waals surface area contributed by atoms with E-state index in [1.807, 2.05) is 19.1 Å². The molecule has 0 saturated carbocycles. The van der Waals surface area contributed by atoms with Gasteiger partial charge in [0, 0.05) is 12.8 Å². The fraction of sp³-hybridized carbons (Fsp3) is 0.280. The summed E-state index contributed by atoms with van der Waals surface area (Å²) in [4.78, 5) is 29.5. The normalized spacial score (nSPS) is 15.9. The van der Waals surface area contributed by atoms with Crippen LogP contribution in [0.1, 0.15) is 31.3 Å². The maximum absolute atomic E-state index is 13.3. The van der Waals surface area contributed by atoms with E-state index >= 15 is 0 Å². The van der Waals surface area contributed by atoms with Gasteiger partial charge in [-0.15, -0.1) is 0 Å². The lowest BCUT2D eigenvalue weighted by Gasteiger charge is -2.40. The molecular formula is C25H26N2O6S. The SMILES string of the molecule is CC(C)OC(=O)N1c2ccc(-c3ccc(S(C)(=O)=O)cc3)cc2N(C(=O)c2ccco2)C[C@@H]1C. The van der Waals surface area contributed by atoms with Crippen molar-refractivity contribution in [1.82, 2.24) is 0 Å². The highest BCUT2D eigenvalue weighted by atomic mass is 32.2. The number of carbonyl (C=O) groups is 2. The molecule has 0 fully saturated rings. The van der Waals surface area contributed by atoms with Crippen molar-refractivity contribution in [2.45, 2.75) is 37.8 Å². The lowest BCUT2D eigenvalue weighted by Crippen LogP contribution is -2.52. The molecule has 2 amide bonds. The second-order valence-electron chi connectivity index (χ2n) is 8.54. The van der Waals surface area contributed by atoms with Crippen LogP contribution in [0, 0.1) is 0 Å². The molecule has 1 atom stereocenters. The largest absolute Gasteiger partial charge is 0.459 e. The molecule has 34 heavy (non-hydrogen) atoms. The molecular weight excluding hydrogens is 456 g/mol. The van der Waals surface area contributed by atoms with E-state index in [4.69, 9.17) is 9.15 Å². The quantitative estimate of drug-likeness (QED) is 0.532. The number of fused-ring (bicyclic) bond motifs is 1. The van der Waals surface area contributed by atoms with Gasteiger partial charge in [-0.05, 0) is 68.3 Å². The number of hydrogen-bond acceptors (Lipinski definition) is 6. The van der Waals surface area contributed by atoms with E-state index in [-0.39, 0.29) is 35.3 Å². The van der Waals surface area contributed by atoms with Crippen LogP contribution in [-0.4, -0.2) is 45.4 Å². The molecule has 3 aromatic rings. The summed E-state index contributed by atoms with van der Waals surface area (Å²) >= 11 is 0. The Morgan fingerprint density at radius 1 is 1.03 bits per heavy atom. The Labute approximate surface area is 198 Å². The number of anilines is 2. The van der Waals surface area contributed by atoms with Crippen LogP contribution in [-0.2, 0) is 14.6 Å². The molecule has 0 N–H and O–H groups in total. The monoisotopic (exact) mass is 482 g/mol. The molecule has 0 aliphatic carbocycles. The fourth-order valence-corrected chi connectivity index (χ4v) is 4.59. The predicted octanol–water partition coefficient (Wildman–Crippen LogP) is 4.75. The van der Waals surface area contributed by atoms with Crippen molar-refractivity contribution in [2.24, 2.45) is 0 Å². The fourth-order valence-electron chi connectivity index (χ4n) is 3.96. The van der Waals surface area contributed by atoms with E-state index in [1.165, 1.54) is 6.26 Å². The van der Waals surface area contributed by atoms with Crippen LogP contribution < -0.4 is 9.80 Å².